The molecule has 0 aromatic carbocycles. The molecule has 0 amide bonds. The van der Waals surface area contributed by atoms with Gasteiger partial charge in [-0.05, 0) is 12.1 Å². The Morgan fingerprint density at radius 2 is 2.25 bits per heavy atom. The lowest BCUT2D eigenvalue weighted by molar-refractivity contribution is 0.185. The average Bonchev–Trinajstić information content (AvgIpc) is 2.07. The predicted molar refractivity (Wildman–Crippen MR) is 41.9 cm³/mol. The molecule has 1 aliphatic carbocycles. The first-order chi connectivity index (χ1) is 5.79. The van der Waals surface area contributed by atoms with Crippen LogP contribution >= 0.6 is 0 Å². The lowest BCUT2D eigenvalue weighted by atomic mass is 10.1. The van der Waals surface area contributed by atoms with E-state index in [-0.39, 0.29) is 0 Å². The Labute approximate surface area is 68.6 Å². The number of hydrogen-bond donors (Lipinski definition) is 2. The maximum atomic E-state index is 9.27. The predicted octanol–water partition coefficient (Wildman–Crippen LogP) is 0.705. The van der Waals surface area contributed by atoms with Crippen molar-refractivity contribution in [1.82, 2.24) is 9.71 Å². The van der Waals surface area contributed by atoms with Gasteiger partial charge in [0.25, 0.3) is 0 Å². The van der Waals surface area contributed by atoms with Crippen LogP contribution in [-0.4, -0.2) is 14.9 Å². The number of aromatic nitrogens is 2. The van der Waals surface area contributed by atoms with Gasteiger partial charge in [0, 0.05) is 11.8 Å². The average molecular weight is 161 g/mol. The monoisotopic (exact) mass is 161 g/mol. The lowest BCUT2D eigenvalue weighted by Crippen LogP contribution is -2.10. The minimum atomic E-state index is 0.364. The normalized spacial score (nSPS) is 10.3. The van der Waals surface area contributed by atoms with Crippen molar-refractivity contribution in [2.75, 3.05) is 0 Å². The smallest absolute Gasteiger partial charge is 0.132 e. The van der Waals surface area contributed by atoms with Gasteiger partial charge < -0.3 is 10.6 Å². The van der Waals surface area contributed by atoms with E-state index in [1.165, 1.54) is 6.33 Å². The summed E-state index contributed by atoms with van der Waals surface area (Å²) in [6, 6.07) is 5.11. The van der Waals surface area contributed by atoms with Crippen molar-refractivity contribution in [1.29, 1.82) is 5.41 Å². The number of fused-ring (bicyclic) bond motifs is 1. The molecule has 0 aromatic rings. The van der Waals surface area contributed by atoms with Gasteiger partial charge >= 0.3 is 0 Å². The lowest BCUT2D eigenvalue weighted by Gasteiger charge is -2.06. The van der Waals surface area contributed by atoms with Crippen molar-refractivity contribution >= 4 is 0 Å². The minimum Gasteiger partial charge on any atom is -0.427 e. The Hall–Kier alpha value is -1.84. The van der Waals surface area contributed by atoms with Crippen LogP contribution < -0.4 is 5.36 Å². The third kappa shape index (κ3) is 0.852. The molecule has 2 aliphatic rings. The quantitative estimate of drug-likeness (QED) is 0.559. The van der Waals surface area contributed by atoms with Crippen LogP contribution in [-0.2, 0) is 0 Å². The van der Waals surface area contributed by atoms with E-state index in [2.05, 4.69) is 4.98 Å². The van der Waals surface area contributed by atoms with Gasteiger partial charge in [0.15, 0.2) is 0 Å². The van der Waals surface area contributed by atoms with Crippen molar-refractivity contribution in [3.63, 3.8) is 0 Å². The molecule has 4 heteroatoms. The summed E-state index contributed by atoms with van der Waals surface area (Å²) >= 11 is 0. The molecule has 0 spiro atoms. The molecule has 2 N–H and O–H groups in total. The number of rotatable bonds is 0. The second-order valence-corrected chi connectivity index (χ2v) is 2.48. The largest absolute Gasteiger partial charge is 0.427 e. The first kappa shape index (κ1) is 6.84. The van der Waals surface area contributed by atoms with Crippen molar-refractivity contribution in [2.45, 2.75) is 0 Å². The Balaban J connectivity index is 2.91. The summed E-state index contributed by atoms with van der Waals surface area (Å²) < 4.78 is 0.910. The Bertz CT molecular complexity index is 435. The van der Waals surface area contributed by atoms with E-state index >= 15 is 0 Å². The molecule has 0 bridgehead atoms. The fraction of sp³-hybridized carbons (Fsp3) is 0. The molecule has 0 unspecified atom stereocenters. The summed E-state index contributed by atoms with van der Waals surface area (Å²) in [6.45, 7) is 0. The van der Waals surface area contributed by atoms with E-state index in [0.29, 0.717) is 16.6 Å². The van der Waals surface area contributed by atoms with Crippen LogP contribution in [0.3, 0.4) is 0 Å². The highest BCUT2D eigenvalue weighted by molar-refractivity contribution is 5.58. The SMILES string of the molecule is N=c1cccc2n(O)cncc1-2. The summed E-state index contributed by atoms with van der Waals surface area (Å²) in [6.07, 6.45) is 2.85. The van der Waals surface area contributed by atoms with E-state index < -0.39 is 0 Å². The Morgan fingerprint density at radius 1 is 1.42 bits per heavy atom. The molecule has 1 heterocycles. The van der Waals surface area contributed by atoms with Gasteiger partial charge in [0.2, 0.25) is 0 Å². The number of benzene rings is 1. The van der Waals surface area contributed by atoms with E-state index in [1.54, 1.807) is 24.4 Å². The highest BCUT2D eigenvalue weighted by Crippen LogP contribution is 2.12. The van der Waals surface area contributed by atoms with Crippen molar-refractivity contribution in [3.8, 4) is 11.3 Å². The van der Waals surface area contributed by atoms with Crippen molar-refractivity contribution < 1.29 is 5.21 Å². The van der Waals surface area contributed by atoms with Gasteiger partial charge in [-0.3, -0.25) is 0 Å². The highest BCUT2D eigenvalue weighted by Gasteiger charge is 2.05. The zero-order valence-corrected chi connectivity index (χ0v) is 6.23. The van der Waals surface area contributed by atoms with Crippen LogP contribution in [0.25, 0.3) is 11.3 Å². The zero-order valence-electron chi connectivity index (χ0n) is 6.23. The summed E-state index contributed by atoms with van der Waals surface area (Å²) in [7, 11) is 0. The molecule has 12 heavy (non-hydrogen) atoms. The van der Waals surface area contributed by atoms with Crippen molar-refractivity contribution in [3.05, 3.63) is 36.1 Å². The maximum Gasteiger partial charge on any atom is 0.132 e. The minimum absolute atomic E-state index is 0.364. The summed E-state index contributed by atoms with van der Waals surface area (Å²) in [4.78, 5) is 3.77. The van der Waals surface area contributed by atoms with Crippen LogP contribution in [0.5, 0.6) is 0 Å². The topological polar surface area (TPSA) is 61.9 Å². The van der Waals surface area contributed by atoms with Crippen LogP contribution in [0.2, 0.25) is 0 Å². The van der Waals surface area contributed by atoms with Crippen LogP contribution in [0, 0.1) is 5.41 Å². The van der Waals surface area contributed by atoms with Crippen LogP contribution in [0.15, 0.2) is 30.7 Å². The molecule has 4 nitrogen and oxygen atoms in total. The van der Waals surface area contributed by atoms with Gasteiger partial charge in [-0.2, -0.15) is 4.73 Å². The van der Waals surface area contributed by atoms with Gasteiger partial charge in [0.1, 0.15) is 6.33 Å². The Kier molecular flexibility index (Phi) is 1.33. The summed E-state index contributed by atoms with van der Waals surface area (Å²) in [5, 5.41) is 17.1. The number of nitrogens with zero attached hydrogens (tertiary/aromatic N) is 2. The van der Waals surface area contributed by atoms with Gasteiger partial charge in [-0.15, -0.1) is 0 Å². The van der Waals surface area contributed by atoms with Gasteiger partial charge in [-0.1, -0.05) is 6.07 Å². The molecule has 0 fully saturated rings. The zero-order chi connectivity index (χ0) is 8.55. The fourth-order valence-corrected chi connectivity index (χ4v) is 1.12. The first-order valence-electron chi connectivity index (χ1n) is 3.48. The second-order valence-electron chi connectivity index (χ2n) is 2.48. The fourth-order valence-electron chi connectivity index (χ4n) is 1.12. The molecule has 0 aromatic heterocycles. The summed E-state index contributed by atoms with van der Waals surface area (Å²) in [5.41, 5.74) is 1.24. The van der Waals surface area contributed by atoms with Crippen LogP contribution in [0.1, 0.15) is 0 Å². The first-order valence-corrected chi connectivity index (χ1v) is 3.48. The van der Waals surface area contributed by atoms with E-state index in [0.717, 1.165) is 4.73 Å². The second kappa shape index (κ2) is 2.34. The Morgan fingerprint density at radius 3 is 3.00 bits per heavy atom. The third-order valence-corrected chi connectivity index (χ3v) is 1.71. The van der Waals surface area contributed by atoms with Gasteiger partial charge in [-0.25, -0.2) is 4.98 Å². The molecular weight excluding hydrogens is 154 g/mol. The summed E-state index contributed by atoms with van der Waals surface area (Å²) in [5.74, 6) is 0. The maximum absolute atomic E-state index is 9.27. The molecule has 0 saturated heterocycles. The van der Waals surface area contributed by atoms with Crippen molar-refractivity contribution in [2.24, 2.45) is 0 Å². The molecule has 0 saturated carbocycles. The van der Waals surface area contributed by atoms with E-state index in [4.69, 9.17) is 5.41 Å². The molecular formula is C8H7N3O. The number of hydrogen-bond acceptors (Lipinski definition) is 3. The molecule has 2 rings (SSSR count). The molecule has 60 valence electrons. The van der Waals surface area contributed by atoms with E-state index in [9.17, 15) is 5.21 Å². The third-order valence-electron chi connectivity index (χ3n) is 1.71. The molecule has 1 aliphatic heterocycles. The van der Waals surface area contributed by atoms with Crippen LogP contribution in [0.4, 0.5) is 0 Å². The molecule has 0 radical (unpaired) electrons. The van der Waals surface area contributed by atoms with E-state index in [1.807, 2.05) is 0 Å². The standard InChI is InChI=1S/C8H7N3O/c9-7-2-1-3-8-6(7)4-10-5-11(8)12/h1-5,9,12H. The highest BCUT2D eigenvalue weighted by atomic mass is 16.5. The molecule has 0 atom stereocenters. The number of nitrogens with one attached hydrogen (secondary N) is 1. The van der Waals surface area contributed by atoms with Gasteiger partial charge in [0.05, 0.1) is 11.1 Å².